The lowest BCUT2D eigenvalue weighted by Crippen LogP contribution is -2.07. The van der Waals surface area contributed by atoms with Gasteiger partial charge < -0.3 is 9.26 Å². The number of benzene rings is 1. The van der Waals surface area contributed by atoms with Crippen LogP contribution in [0.5, 0.6) is 5.88 Å². The van der Waals surface area contributed by atoms with E-state index in [0.717, 1.165) is 15.8 Å². The van der Waals surface area contributed by atoms with Crippen molar-refractivity contribution in [3.8, 4) is 17.1 Å². The summed E-state index contributed by atoms with van der Waals surface area (Å²) in [4.78, 5) is 10.8. The molecule has 4 rings (SSSR count). The van der Waals surface area contributed by atoms with Gasteiger partial charge in [0.05, 0.1) is 10.4 Å². The summed E-state index contributed by atoms with van der Waals surface area (Å²) in [7, 11) is 0. The van der Waals surface area contributed by atoms with Crippen molar-refractivity contribution in [3.05, 3.63) is 58.4 Å². The van der Waals surface area contributed by atoms with Gasteiger partial charge in [0.25, 0.3) is 0 Å². The zero-order valence-electron chi connectivity index (χ0n) is 15.2. The molecule has 0 saturated carbocycles. The van der Waals surface area contributed by atoms with E-state index in [4.69, 9.17) is 20.9 Å². The van der Waals surface area contributed by atoms with Gasteiger partial charge in [-0.1, -0.05) is 55.7 Å². The van der Waals surface area contributed by atoms with Crippen molar-refractivity contribution < 1.29 is 9.26 Å². The second-order valence-electron chi connectivity index (χ2n) is 7.21. The van der Waals surface area contributed by atoms with E-state index in [1.54, 1.807) is 11.3 Å². The highest BCUT2D eigenvalue weighted by Crippen LogP contribution is 2.36. The van der Waals surface area contributed by atoms with Gasteiger partial charge in [-0.15, -0.1) is 11.3 Å². The molecule has 0 N–H and O–H groups in total. The molecule has 3 heterocycles. The minimum absolute atomic E-state index is 0.0530. The third-order valence-electron chi connectivity index (χ3n) is 4.09. The van der Waals surface area contributed by atoms with Crippen LogP contribution in [0.4, 0.5) is 0 Å². The third kappa shape index (κ3) is 3.68. The lowest BCUT2D eigenvalue weighted by atomic mass is 9.94. The molecule has 7 heteroatoms. The predicted molar refractivity (Wildman–Crippen MR) is 107 cm³/mol. The maximum absolute atomic E-state index is 6.22. The molecule has 27 heavy (non-hydrogen) atoms. The van der Waals surface area contributed by atoms with E-state index in [2.05, 4.69) is 42.0 Å². The molecule has 0 bridgehead atoms. The number of ether oxygens (including phenoxy) is 1. The van der Waals surface area contributed by atoms with Gasteiger partial charge >= 0.3 is 0 Å². The summed E-state index contributed by atoms with van der Waals surface area (Å²) in [6, 6.07) is 11.4. The van der Waals surface area contributed by atoms with Gasteiger partial charge in [-0.3, -0.25) is 0 Å². The maximum atomic E-state index is 6.22. The number of fused-ring (bicyclic) bond motifs is 1. The number of nitrogens with zero attached hydrogens (tertiary/aromatic N) is 3. The Morgan fingerprint density at radius 2 is 1.96 bits per heavy atom. The van der Waals surface area contributed by atoms with Crippen LogP contribution in [0.15, 0.2) is 47.2 Å². The van der Waals surface area contributed by atoms with Crippen molar-refractivity contribution >= 4 is 33.2 Å². The second-order valence-corrected chi connectivity index (χ2v) is 8.64. The Labute approximate surface area is 166 Å². The zero-order chi connectivity index (χ0) is 19.0. The van der Waals surface area contributed by atoms with Crippen LogP contribution in [0, 0.1) is 0 Å². The number of hydrogen-bond acceptors (Lipinski definition) is 6. The largest absolute Gasteiger partial charge is 0.469 e. The topological polar surface area (TPSA) is 61.0 Å². The Morgan fingerprint density at radius 1 is 1.15 bits per heavy atom. The van der Waals surface area contributed by atoms with Gasteiger partial charge in [0.2, 0.25) is 5.88 Å². The van der Waals surface area contributed by atoms with Gasteiger partial charge in [-0.2, -0.15) is 0 Å². The Balaban J connectivity index is 1.56. The van der Waals surface area contributed by atoms with Crippen molar-refractivity contribution in [1.29, 1.82) is 0 Å². The molecule has 0 spiro atoms. The average Bonchev–Trinajstić information content (AvgIpc) is 3.27. The Morgan fingerprint density at radius 3 is 2.74 bits per heavy atom. The first-order chi connectivity index (χ1) is 12.9. The molecule has 0 saturated heterocycles. The minimum Gasteiger partial charge on any atom is -0.469 e. The highest BCUT2D eigenvalue weighted by Gasteiger charge is 2.20. The molecule has 0 aliphatic heterocycles. The summed E-state index contributed by atoms with van der Waals surface area (Å²) >= 11 is 7.88. The van der Waals surface area contributed by atoms with E-state index in [1.807, 2.05) is 30.3 Å². The molecule has 0 fully saturated rings. The summed E-state index contributed by atoms with van der Waals surface area (Å²) < 4.78 is 11.3. The molecule has 5 nitrogen and oxygen atoms in total. The molecule has 4 aromatic rings. The van der Waals surface area contributed by atoms with E-state index in [-0.39, 0.29) is 12.0 Å². The van der Waals surface area contributed by atoms with Gasteiger partial charge in [-0.25, -0.2) is 9.97 Å². The Bertz CT molecular complexity index is 1100. The normalized spacial score (nSPS) is 11.9. The number of hydrogen-bond donors (Lipinski definition) is 0. The first kappa shape index (κ1) is 17.9. The molecule has 0 atom stereocenters. The fourth-order valence-corrected chi connectivity index (χ4v) is 3.91. The van der Waals surface area contributed by atoms with Crippen LogP contribution in [-0.4, -0.2) is 15.1 Å². The summed E-state index contributed by atoms with van der Waals surface area (Å²) in [5.74, 6) is 1.14. The highest BCUT2D eigenvalue weighted by molar-refractivity contribution is 7.18. The highest BCUT2D eigenvalue weighted by atomic mass is 35.5. The second kappa shape index (κ2) is 6.94. The third-order valence-corrected chi connectivity index (χ3v) is 5.89. The molecule has 0 aliphatic rings. The van der Waals surface area contributed by atoms with Crippen LogP contribution >= 0.6 is 22.9 Å². The van der Waals surface area contributed by atoms with Crippen molar-refractivity contribution in [2.45, 2.75) is 32.8 Å². The quantitative estimate of drug-likeness (QED) is 0.429. The number of thiophene rings is 1. The minimum atomic E-state index is 0.0530. The Kier molecular flexibility index (Phi) is 4.61. The number of aromatic nitrogens is 3. The van der Waals surface area contributed by atoms with Gasteiger partial charge in [0.15, 0.2) is 12.4 Å². The molecule has 0 radical (unpaired) electrons. The van der Waals surface area contributed by atoms with E-state index in [0.29, 0.717) is 22.4 Å². The van der Waals surface area contributed by atoms with Crippen LogP contribution < -0.4 is 4.74 Å². The van der Waals surface area contributed by atoms with Crippen LogP contribution in [0.1, 0.15) is 31.4 Å². The molecular formula is C20H18ClN3O2S. The summed E-state index contributed by atoms with van der Waals surface area (Å²) in [5.41, 5.74) is 1.56. The number of halogens is 1. The SMILES string of the molecule is CC(C)(C)c1cc2c(OCc3cc(-c4ccccc4Cl)no3)ncnc2s1. The Hall–Kier alpha value is -2.44. The summed E-state index contributed by atoms with van der Waals surface area (Å²) in [6.07, 6.45) is 1.52. The molecule has 1 aromatic carbocycles. The van der Waals surface area contributed by atoms with Crippen molar-refractivity contribution in [1.82, 2.24) is 15.1 Å². The van der Waals surface area contributed by atoms with E-state index >= 15 is 0 Å². The molecule has 0 amide bonds. The standard InChI is InChI=1S/C20H18ClN3O2S/c1-20(2,3)17-9-14-18(22-11-23-19(14)27-17)25-10-12-8-16(24-26-12)13-6-4-5-7-15(13)21/h4-9,11H,10H2,1-3H3. The van der Waals surface area contributed by atoms with Gasteiger partial charge in [0, 0.05) is 16.5 Å². The first-order valence-corrected chi connectivity index (χ1v) is 9.69. The van der Waals surface area contributed by atoms with Gasteiger partial charge in [-0.05, 0) is 17.5 Å². The zero-order valence-corrected chi connectivity index (χ0v) is 16.8. The van der Waals surface area contributed by atoms with Crippen molar-refractivity contribution in [2.75, 3.05) is 0 Å². The molecular weight excluding hydrogens is 382 g/mol. The monoisotopic (exact) mass is 399 g/mol. The fraction of sp³-hybridized carbons (Fsp3) is 0.250. The lowest BCUT2D eigenvalue weighted by molar-refractivity contribution is 0.244. The maximum Gasteiger partial charge on any atom is 0.225 e. The number of rotatable bonds is 4. The van der Waals surface area contributed by atoms with Gasteiger partial charge in [0.1, 0.15) is 16.9 Å². The molecule has 138 valence electrons. The first-order valence-electron chi connectivity index (χ1n) is 8.50. The predicted octanol–water partition coefficient (Wildman–Crippen LogP) is 5.88. The van der Waals surface area contributed by atoms with Crippen molar-refractivity contribution in [3.63, 3.8) is 0 Å². The molecule has 0 unspecified atom stereocenters. The molecule has 3 aromatic heterocycles. The van der Waals surface area contributed by atoms with Crippen molar-refractivity contribution in [2.24, 2.45) is 0 Å². The smallest absolute Gasteiger partial charge is 0.225 e. The molecule has 0 aliphatic carbocycles. The van der Waals surface area contributed by atoms with Crippen LogP contribution in [0.2, 0.25) is 5.02 Å². The summed E-state index contributed by atoms with van der Waals surface area (Å²) in [5, 5.41) is 5.63. The fourth-order valence-electron chi connectivity index (χ4n) is 2.63. The van der Waals surface area contributed by atoms with E-state index in [9.17, 15) is 0 Å². The van der Waals surface area contributed by atoms with E-state index in [1.165, 1.54) is 11.2 Å². The van der Waals surface area contributed by atoms with Crippen LogP contribution in [0.3, 0.4) is 0 Å². The lowest BCUT2D eigenvalue weighted by Gasteiger charge is -2.14. The van der Waals surface area contributed by atoms with Crippen LogP contribution in [0.25, 0.3) is 21.5 Å². The summed E-state index contributed by atoms with van der Waals surface area (Å²) in [6.45, 7) is 6.76. The average molecular weight is 400 g/mol. The van der Waals surface area contributed by atoms with Crippen LogP contribution in [-0.2, 0) is 12.0 Å². The van der Waals surface area contributed by atoms with E-state index < -0.39 is 0 Å².